The first kappa shape index (κ1) is 48.6. The number of allylic oxidation sites excluding steroid dienone is 4. The molecule has 46 heavy (non-hydrogen) atoms. The molecular formula is C44H63O2-. The fraction of sp³-hybridized carbons (Fsp3) is 0.295. The highest BCUT2D eigenvalue weighted by Crippen LogP contribution is 2.24. The van der Waals surface area contributed by atoms with Gasteiger partial charge in [0.25, 0.3) is 0 Å². The Balaban J connectivity index is -0.000000290. The van der Waals surface area contributed by atoms with Gasteiger partial charge in [0.1, 0.15) is 6.29 Å². The van der Waals surface area contributed by atoms with Gasteiger partial charge < -0.3 is 5.48 Å². The lowest BCUT2D eigenvalue weighted by atomic mass is 9.97. The molecule has 0 heterocycles. The largest absolute Gasteiger partial charge is 0.870 e. The highest BCUT2D eigenvalue weighted by molar-refractivity contribution is 5.89. The van der Waals surface area contributed by atoms with Crippen LogP contribution in [0.15, 0.2) is 145 Å². The van der Waals surface area contributed by atoms with Crippen LogP contribution in [0.2, 0.25) is 0 Å². The zero-order valence-corrected chi connectivity index (χ0v) is 30.9. The Kier molecular flexibility index (Phi) is 39.0. The summed E-state index contributed by atoms with van der Waals surface area (Å²) in [4.78, 5) is 10.7. The van der Waals surface area contributed by atoms with Crippen LogP contribution in [0.4, 0.5) is 0 Å². The average Bonchev–Trinajstić information content (AvgIpc) is 3.13. The topological polar surface area (TPSA) is 47.1 Å². The molecule has 2 nitrogen and oxygen atoms in total. The molecule has 0 spiro atoms. The van der Waals surface area contributed by atoms with E-state index >= 15 is 0 Å². The maximum absolute atomic E-state index is 10.7. The maximum atomic E-state index is 10.7. The van der Waals surface area contributed by atoms with Crippen molar-refractivity contribution >= 4 is 17.4 Å². The van der Waals surface area contributed by atoms with Crippen molar-refractivity contribution < 1.29 is 10.3 Å². The minimum atomic E-state index is 0. The second-order valence-electron chi connectivity index (χ2n) is 8.71. The van der Waals surface area contributed by atoms with E-state index in [-0.39, 0.29) is 5.48 Å². The molecule has 252 valence electrons. The number of benzene rings is 4. The first-order valence-corrected chi connectivity index (χ1v) is 16.8. The van der Waals surface area contributed by atoms with E-state index in [2.05, 4.69) is 88.4 Å². The van der Waals surface area contributed by atoms with Crippen LogP contribution >= 0.6 is 0 Å². The number of hydrogen-bond donors (Lipinski definition) is 0. The number of carbonyl (C=O) groups excluding carboxylic acids is 1. The highest BCUT2D eigenvalue weighted by Gasteiger charge is 2.03. The van der Waals surface area contributed by atoms with E-state index in [4.69, 9.17) is 0 Å². The van der Waals surface area contributed by atoms with Crippen LogP contribution in [0, 0.1) is 0 Å². The van der Waals surface area contributed by atoms with Crippen molar-refractivity contribution in [3.8, 4) is 0 Å². The van der Waals surface area contributed by atoms with E-state index in [0.29, 0.717) is 0 Å². The average molecular weight is 624 g/mol. The third kappa shape index (κ3) is 22.3. The van der Waals surface area contributed by atoms with Crippen molar-refractivity contribution in [1.29, 1.82) is 0 Å². The summed E-state index contributed by atoms with van der Waals surface area (Å²) in [6.45, 7) is 24.5. The van der Waals surface area contributed by atoms with Crippen molar-refractivity contribution in [3.63, 3.8) is 0 Å². The quantitative estimate of drug-likeness (QED) is 0.122. The predicted molar refractivity (Wildman–Crippen MR) is 209 cm³/mol. The second kappa shape index (κ2) is 36.9. The molecule has 0 aliphatic rings. The van der Waals surface area contributed by atoms with Crippen LogP contribution in [-0.2, 0) is 4.79 Å². The normalized spacial score (nSPS) is 8.00. The maximum Gasteiger partial charge on any atom is 0.143 e. The third-order valence-electron chi connectivity index (χ3n) is 5.16. The van der Waals surface area contributed by atoms with E-state index in [1.165, 1.54) is 28.7 Å². The Morgan fingerprint density at radius 2 is 0.652 bits per heavy atom. The zero-order valence-electron chi connectivity index (χ0n) is 30.9. The molecule has 4 aromatic rings. The van der Waals surface area contributed by atoms with Gasteiger partial charge in [-0.2, -0.15) is 0 Å². The third-order valence-corrected chi connectivity index (χ3v) is 5.16. The summed E-state index contributed by atoms with van der Waals surface area (Å²) in [5.41, 5.74) is 8.14. The molecular weight excluding hydrogens is 560 g/mol. The Hall–Kier alpha value is -4.27. The van der Waals surface area contributed by atoms with Crippen LogP contribution in [0.5, 0.6) is 0 Å². The first-order chi connectivity index (χ1) is 22.1. The van der Waals surface area contributed by atoms with Gasteiger partial charge in [-0.1, -0.05) is 215 Å². The smallest absolute Gasteiger partial charge is 0.143 e. The molecule has 0 aliphatic heterocycles. The SMILES string of the molecule is CC.CC.CC.CC.CC(C)=CC=C(c1ccccc1)c1ccccc1.CCC.O=CC=C(c1ccccc1)c1ccccc1.[OH-]. The molecule has 0 aromatic heterocycles. The van der Waals surface area contributed by atoms with Crippen molar-refractivity contribution in [3.05, 3.63) is 167 Å². The van der Waals surface area contributed by atoms with Crippen molar-refractivity contribution in [2.75, 3.05) is 0 Å². The summed E-state index contributed by atoms with van der Waals surface area (Å²) in [6, 6.07) is 40.8. The summed E-state index contributed by atoms with van der Waals surface area (Å²) < 4.78 is 0. The lowest BCUT2D eigenvalue weighted by Gasteiger charge is -2.07. The first-order valence-electron chi connectivity index (χ1n) is 16.8. The molecule has 0 bridgehead atoms. The standard InChI is InChI=1S/C18H18.C15H12O.C3H8.4C2H6.H2O/c1-15(2)13-14-18(16-9-5-3-6-10-16)17-11-7-4-8-12-17;16-12-11-15(13-7-3-1-4-8-13)14-9-5-2-6-10-14;1-3-2;4*1-2;/h3-14H,1-2H3;1-12H;3H2,1-2H3;4*1-2H3;1H2/p-1. The van der Waals surface area contributed by atoms with E-state index in [1.54, 1.807) is 6.08 Å². The molecule has 4 aromatic carbocycles. The van der Waals surface area contributed by atoms with E-state index in [1.807, 2.05) is 128 Å². The van der Waals surface area contributed by atoms with Gasteiger partial charge in [0, 0.05) is 0 Å². The summed E-state index contributed by atoms with van der Waals surface area (Å²) in [6.07, 6.45) is 8.04. The van der Waals surface area contributed by atoms with Gasteiger partial charge >= 0.3 is 0 Å². The Labute approximate surface area is 284 Å². The lowest BCUT2D eigenvalue weighted by Crippen LogP contribution is -1.87. The van der Waals surface area contributed by atoms with Crippen LogP contribution in [0.1, 0.15) is 112 Å². The van der Waals surface area contributed by atoms with Crippen LogP contribution in [0.25, 0.3) is 11.1 Å². The highest BCUT2D eigenvalue weighted by atomic mass is 16.1. The van der Waals surface area contributed by atoms with Crippen molar-refractivity contribution in [2.45, 2.75) is 89.5 Å². The fourth-order valence-corrected chi connectivity index (χ4v) is 3.51. The fourth-order valence-electron chi connectivity index (χ4n) is 3.51. The number of hydrogen-bond acceptors (Lipinski definition) is 2. The van der Waals surface area contributed by atoms with Crippen molar-refractivity contribution in [2.24, 2.45) is 0 Å². The number of rotatable bonds is 6. The van der Waals surface area contributed by atoms with E-state index in [9.17, 15) is 4.79 Å². The summed E-state index contributed by atoms with van der Waals surface area (Å²) in [7, 11) is 0. The summed E-state index contributed by atoms with van der Waals surface area (Å²) >= 11 is 0. The Morgan fingerprint density at radius 1 is 0.435 bits per heavy atom. The van der Waals surface area contributed by atoms with Crippen LogP contribution in [-0.4, -0.2) is 11.8 Å². The molecule has 0 radical (unpaired) electrons. The molecule has 0 unspecified atom stereocenters. The monoisotopic (exact) mass is 623 g/mol. The zero-order chi connectivity index (χ0) is 34.7. The van der Waals surface area contributed by atoms with Gasteiger partial charge in [-0.05, 0) is 53.3 Å². The van der Waals surface area contributed by atoms with Gasteiger partial charge in [-0.25, -0.2) is 0 Å². The van der Waals surface area contributed by atoms with Gasteiger partial charge in [-0.15, -0.1) is 0 Å². The second-order valence-corrected chi connectivity index (χ2v) is 8.71. The molecule has 0 saturated heterocycles. The predicted octanol–water partition coefficient (Wildman–Crippen LogP) is 13.7. The number of aldehydes is 1. The number of carbonyl (C=O) groups is 1. The molecule has 0 saturated carbocycles. The van der Waals surface area contributed by atoms with Gasteiger partial charge in [0.2, 0.25) is 0 Å². The molecule has 0 aliphatic carbocycles. The molecule has 0 amide bonds. The molecule has 0 fully saturated rings. The van der Waals surface area contributed by atoms with Crippen LogP contribution in [0.3, 0.4) is 0 Å². The van der Waals surface area contributed by atoms with E-state index < -0.39 is 0 Å². The molecule has 4 rings (SSSR count). The molecule has 1 N–H and O–H groups in total. The lowest BCUT2D eigenvalue weighted by molar-refractivity contribution is -0.104. The Bertz CT molecular complexity index is 1170. The van der Waals surface area contributed by atoms with Crippen LogP contribution < -0.4 is 0 Å². The van der Waals surface area contributed by atoms with Gasteiger partial charge in [0.05, 0.1) is 0 Å². The summed E-state index contributed by atoms with van der Waals surface area (Å²) in [5, 5.41) is 0. The minimum Gasteiger partial charge on any atom is -0.870 e. The molecule has 0 atom stereocenters. The van der Waals surface area contributed by atoms with Crippen molar-refractivity contribution in [1.82, 2.24) is 0 Å². The molecule has 2 heteroatoms. The van der Waals surface area contributed by atoms with Gasteiger partial charge in [-0.3, -0.25) is 4.79 Å². The Morgan fingerprint density at radius 3 is 0.848 bits per heavy atom. The van der Waals surface area contributed by atoms with Gasteiger partial charge in [0.15, 0.2) is 0 Å². The summed E-state index contributed by atoms with van der Waals surface area (Å²) in [5.74, 6) is 0. The van der Waals surface area contributed by atoms with E-state index in [0.717, 1.165) is 23.0 Å². The minimum absolute atomic E-state index is 0.